The van der Waals surface area contributed by atoms with Crippen molar-refractivity contribution in [2.24, 2.45) is 5.92 Å². The summed E-state index contributed by atoms with van der Waals surface area (Å²) in [6, 6.07) is 6.84. The summed E-state index contributed by atoms with van der Waals surface area (Å²) in [6.45, 7) is 7.21. The second-order valence-electron chi connectivity index (χ2n) is 12.6. The van der Waals surface area contributed by atoms with Crippen LogP contribution in [0.15, 0.2) is 42.5 Å². The molecule has 1 saturated heterocycles. The van der Waals surface area contributed by atoms with Crippen LogP contribution in [0.3, 0.4) is 0 Å². The van der Waals surface area contributed by atoms with E-state index in [1.807, 2.05) is 12.2 Å². The molecule has 0 spiro atoms. The van der Waals surface area contributed by atoms with Gasteiger partial charge < -0.3 is 30.0 Å². The van der Waals surface area contributed by atoms with E-state index >= 15 is 0 Å². The quantitative estimate of drug-likeness (QED) is 0.263. The lowest BCUT2D eigenvalue weighted by Gasteiger charge is -2.35. The lowest BCUT2D eigenvalue weighted by Crippen LogP contribution is -2.58. The molecule has 2 fully saturated rings. The third kappa shape index (κ3) is 8.35. The van der Waals surface area contributed by atoms with Crippen LogP contribution < -0.4 is 10.6 Å². The van der Waals surface area contributed by atoms with Crippen LogP contribution in [0.25, 0.3) is 0 Å². The Kier molecular flexibility index (Phi) is 10.5. The molecule has 2 heterocycles. The molecule has 3 N–H and O–H groups in total. The Morgan fingerprint density at radius 2 is 1.88 bits per heavy atom. The largest absolute Gasteiger partial charge is 0.464 e. The summed E-state index contributed by atoms with van der Waals surface area (Å²) >= 11 is 0. The SMILES string of the molecule is CCOC(=O)C12CC1C=CCCCCCC(NC(=O)OC(C)(C)C)C(O)N1CC(OC(=O)c3ccccc3)CC1C(=O)N2. The summed E-state index contributed by atoms with van der Waals surface area (Å²) in [5, 5.41) is 17.4. The van der Waals surface area contributed by atoms with Crippen molar-refractivity contribution in [3.63, 3.8) is 0 Å². The maximum Gasteiger partial charge on any atom is 0.408 e. The minimum Gasteiger partial charge on any atom is -0.464 e. The monoisotopic (exact) mass is 599 g/mol. The minimum absolute atomic E-state index is 0.0556. The topological polar surface area (TPSA) is 144 Å². The van der Waals surface area contributed by atoms with Crippen molar-refractivity contribution in [1.29, 1.82) is 0 Å². The predicted octanol–water partition coefficient (Wildman–Crippen LogP) is 3.46. The van der Waals surface area contributed by atoms with Crippen molar-refractivity contribution in [1.82, 2.24) is 15.5 Å². The number of carbonyl (C=O) groups is 4. The molecular weight excluding hydrogens is 554 g/mol. The van der Waals surface area contributed by atoms with E-state index < -0.39 is 59.5 Å². The number of ether oxygens (including phenoxy) is 3. The fourth-order valence-corrected chi connectivity index (χ4v) is 5.81. The summed E-state index contributed by atoms with van der Waals surface area (Å²) < 4.78 is 16.6. The number of nitrogens with zero attached hydrogens (tertiary/aromatic N) is 1. The Morgan fingerprint density at radius 3 is 2.58 bits per heavy atom. The van der Waals surface area contributed by atoms with Gasteiger partial charge in [-0.1, -0.05) is 43.2 Å². The van der Waals surface area contributed by atoms with Gasteiger partial charge in [-0.2, -0.15) is 0 Å². The zero-order valence-corrected chi connectivity index (χ0v) is 25.5. The average molecular weight is 600 g/mol. The number of aliphatic hydroxyl groups is 1. The highest BCUT2D eigenvalue weighted by Gasteiger charge is 2.62. The third-order valence-corrected chi connectivity index (χ3v) is 8.04. The first-order valence-electron chi connectivity index (χ1n) is 15.3. The van der Waals surface area contributed by atoms with Crippen molar-refractivity contribution in [3.8, 4) is 0 Å². The number of allylic oxidation sites excluding steroid dienone is 1. The first-order valence-corrected chi connectivity index (χ1v) is 15.3. The third-order valence-electron chi connectivity index (χ3n) is 8.04. The van der Waals surface area contributed by atoms with E-state index in [0.717, 1.165) is 25.7 Å². The summed E-state index contributed by atoms with van der Waals surface area (Å²) in [5.41, 5.74) is -1.56. The molecule has 3 aliphatic rings. The van der Waals surface area contributed by atoms with Crippen LogP contribution in [-0.4, -0.2) is 82.7 Å². The first kappa shape index (κ1) is 32.5. The van der Waals surface area contributed by atoms with E-state index in [-0.39, 0.29) is 25.5 Å². The van der Waals surface area contributed by atoms with E-state index in [9.17, 15) is 24.3 Å². The molecule has 0 radical (unpaired) electrons. The maximum absolute atomic E-state index is 13.9. The van der Waals surface area contributed by atoms with Crippen LogP contribution in [0.1, 0.15) is 83.0 Å². The molecule has 1 saturated carbocycles. The molecule has 4 rings (SSSR count). The predicted molar refractivity (Wildman–Crippen MR) is 158 cm³/mol. The maximum atomic E-state index is 13.9. The number of esters is 2. The zero-order chi connectivity index (χ0) is 31.2. The number of rotatable bonds is 5. The Balaban J connectivity index is 1.61. The van der Waals surface area contributed by atoms with Gasteiger partial charge in [0.05, 0.1) is 24.3 Å². The van der Waals surface area contributed by atoms with Crippen LogP contribution in [0, 0.1) is 5.92 Å². The molecule has 1 aromatic rings. The second-order valence-corrected chi connectivity index (χ2v) is 12.6. The Hall–Kier alpha value is -3.44. The van der Waals surface area contributed by atoms with E-state index in [1.165, 1.54) is 0 Å². The standard InChI is InChI=1S/C32H45N3O8/c1-5-41-29(39)32-19-22(32)16-12-7-6-8-13-17-24(33-30(40)43-31(2,3)4)27(37)35-20-23(18-25(35)26(36)34-32)42-28(38)21-14-10-9-11-15-21/h9-12,14-16,22-25,27,37H,5-8,13,17-20H2,1-4H3,(H,33,40)(H,34,36). The van der Waals surface area contributed by atoms with Crippen LogP contribution in [-0.2, 0) is 23.8 Å². The molecular formula is C32H45N3O8. The van der Waals surface area contributed by atoms with Crippen molar-refractivity contribution in [2.75, 3.05) is 13.2 Å². The van der Waals surface area contributed by atoms with Crippen molar-refractivity contribution in [2.45, 2.75) is 108 Å². The molecule has 236 valence electrons. The number of nitrogens with one attached hydrogen (secondary N) is 2. The number of amides is 2. The van der Waals surface area contributed by atoms with E-state index in [2.05, 4.69) is 10.6 Å². The first-order chi connectivity index (χ1) is 20.4. The fourth-order valence-electron chi connectivity index (χ4n) is 5.81. The molecule has 1 aliphatic carbocycles. The van der Waals surface area contributed by atoms with Gasteiger partial charge in [-0.25, -0.2) is 14.4 Å². The molecule has 2 amide bonds. The number of benzene rings is 1. The molecule has 11 nitrogen and oxygen atoms in total. The molecule has 6 atom stereocenters. The smallest absolute Gasteiger partial charge is 0.408 e. The summed E-state index contributed by atoms with van der Waals surface area (Å²) in [5.74, 6) is -1.72. The van der Waals surface area contributed by atoms with Crippen molar-refractivity contribution < 1.29 is 38.5 Å². The van der Waals surface area contributed by atoms with Crippen LogP contribution in [0.2, 0.25) is 0 Å². The molecule has 43 heavy (non-hydrogen) atoms. The molecule has 0 aromatic heterocycles. The number of fused-ring (bicyclic) bond motifs is 2. The summed E-state index contributed by atoms with van der Waals surface area (Å²) in [7, 11) is 0. The van der Waals surface area contributed by atoms with Gasteiger partial charge in [0.15, 0.2) is 0 Å². The number of hydrogen-bond acceptors (Lipinski definition) is 9. The van der Waals surface area contributed by atoms with Gasteiger partial charge in [0.1, 0.15) is 23.5 Å². The lowest BCUT2D eigenvalue weighted by molar-refractivity contribution is -0.150. The lowest BCUT2D eigenvalue weighted by atomic mass is 10.0. The van der Waals surface area contributed by atoms with Gasteiger partial charge in [-0.3, -0.25) is 9.69 Å². The molecule has 2 aliphatic heterocycles. The second kappa shape index (κ2) is 13.9. The average Bonchev–Trinajstić information content (AvgIpc) is 3.48. The van der Waals surface area contributed by atoms with Crippen LogP contribution in [0.4, 0.5) is 4.79 Å². The minimum atomic E-state index is -1.29. The Bertz CT molecular complexity index is 1180. The van der Waals surface area contributed by atoms with Crippen molar-refractivity contribution in [3.05, 3.63) is 48.0 Å². The normalized spacial score (nSPS) is 30.0. The molecule has 0 bridgehead atoms. The molecule has 6 unspecified atom stereocenters. The highest BCUT2D eigenvalue weighted by Crippen LogP contribution is 2.46. The van der Waals surface area contributed by atoms with Crippen molar-refractivity contribution >= 4 is 23.9 Å². The zero-order valence-electron chi connectivity index (χ0n) is 25.5. The highest BCUT2D eigenvalue weighted by atomic mass is 16.6. The van der Waals surface area contributed by atoms with Gasteiger partial charge in [-0.15, -0.1) is 0 Å². The number of hydrogen-bond donors (Lipinski definition) is 3. The number of aliphatic hydroxyl groups excluding tert-OH is 1. The Labute approximate surface area is 253 Å². The van der Waals surface area contributed by atoms with Gasteiger partial charge >= 0.3 is 18.0 Å². The van der Waals surface area contributed by atoms with Gasteiger partial charge in [0.25, 0.3) is 0 Å². The van der Waals surface area contributed by atoms with Crippen LogP contribution >= 0.6 is 0 Å². The number of carbonyl (C=O) groups excluding carboxylic acids is 4. The fraction of sp³-hybridized carbons (Fsp3) is 0.625. The summed E-state index contributed by atoms with van der Waals surface area (Å²) in [6.07, 6.45) is 5.55. The van der Waals surface area contributed by atoms with Gasteiger partial charge in [0.2, 0.25) is 5.91 Å². The van der Waals surface area contributed by atoms with E-state index in [0.29, 0.717) is 18.4 Å². The van der Waals surface area contributed by atoms with E-state index in [4.69, 9.17) is 14.2 Å². The molecule has 1 aromatic carbocycles. The van der Waals surface area contributed by atoms with Crippen LogP contribution in [0.5, 0.6) is 0 Å². The molecule has 11 heteroatoms. The van der Waals surface area contributed by atoms with Gasteiger partial charge in [0, 0.05) is 18.9 Å². The van der Waals surface area contributed by atoms with Gasteiger partial charge in [-0.05, 0) is 65.5 Å². The highest BCUT2D eigenvalue weighted by molar-refractivity contribution is 5.94. The van der Waals surface area contributed by atoms with E-state index in [1.54, 1.807) is 62.9 Å². The summed E-state index contributed by atoms with van der Waals surface area (Å²) in [4.78, 5) is 54.1. The Morgan fingerprint density at radius 1 is 1.14 bits per heavy atom. The number of alkyl carbamates (subject to hydrolysis) is 1.